The zero-order valence-corrected chi connectivity index (χ0v) is 34.1. The number of aromatic nitrogens is 2. The number of fused-ring (bicyclic) bond motifs is 1. The Morgan fingerprint density at radius 2 is 1.14 bits per heavy atom. The molecule has 0 saturated carbocycles. The van der Waals surface area contributed by atoms with Gasteiger partial charge in [0, 0.05) is 13.0 Å². The largest absolute Gasteiger partial charge is 1.00 e. The third-order valence-corrected chi connectivity index (χ3v) is 9.36. The molecule has 0 aliphatic carbocycles. The summed E-state index contributed by atoms with van der Waals surface area (Å²) in [5.41, 5.74) is 1.40. The summed E-state index contributed by atoms with van der Waals surface area (Å²) in [7, 11) is -9.26. The molecule has 2 aromatic carbocycles. The van der Waals surface area contributed by atoms with E-state index in [1.54, 1.807) is 18.2 Å². The molecule has 43 heavy (non-hydrogen) atoms. The number of benzene rings is 2. The van der Waals surface area contributed by atoms with Crippen molar-refractivity contribution in [2.75, 3.05) is 0 Å². The Hall–Kier alpha value is 1.00. The van der Waals surface area contributed by atoms with Gasteiger partial charge in [0.1, 0.15) is 31.6 Å². The van der Waals surface area contributed by atoms with Crippen LogP contribution in [0.5, 0.6) is 0 Å². The molecule has 0 amide bonds. The maximum Gasteiger partial charge on any atom is 1.00 e. The summed E-state index contributed by atoms with van der Waals surface area (Å²) in [6, 6.07) is 10.2. The first kappa shape index (κ1) is 42.0. The van der Waals surface area contributed by atoms with Crippen LogP contribution in [0.15, 0.2) is 52.3 Å². The standard InChI is InChI=1S/C31H46N2O6S2.2K/c1-2-3-4-5-6-7-8-9-10-11-12-13-14-15-16-20-30-32-31-28(18-17-19-29(31)41(37,38)39)33(30)25-26-21-23-27(24-22-26)40(34,35)36;;/h17-19,21-24H,2-16,20,25H2,1H3,(H,34,35,36)(H,37,38,39);;/q;2*+1/p-2. The van der Waals surface area contributed by atoms with Crippen LogP contribution in [0.3, 0.4) is 0 Å². The molecule has 0 bridgehead atoms. The van der Waals surface area contributed by atoms with Crippen molar-refractivity contribution in [3.05, 3.63) is 53.9 Å². The van der Waals surface area contributed by atoms with E-state index in [0.29, 0.717) is 24.3 Å². The fraction of sp³-hybridized carbons (Fsp3) is 0.581. The number of aryl methyl sites for hydroxylation is 1. The van der Waals surface area contributed by atoms with E-state index in [9.17, 15) is 25.9 Å². The molecular weight excluding hydrogens is 639 g/mol. The minimum atomic E-state index is -4.71. The van der Waals surface area contributed by atoms with Crippen LogP contribution >= 0.6 is 0 Å². The first-order valence-electron chi connectivity index (χ1n) is 15.1. The van der Waals surface area contributed by atoms with E-state index in [1.165, 1.54) is 101 Å². The van der Waals surface area contributed by atoms with Crippen LogP contribution in [0.4, 0.5) is 0 Å². The van der Waals surface area contributed by atoms with Crippen molar-refractivity contribution in [1.82, 2.24) is 9.55 Å². The Kier molecular flexibility index (Phi) is 21.3. The second kappa shape index (κ2) is 21.8. The Bertz CT molecular complexity index is 1440. The van der Waals surface area contributed by atoms with Gasteiger partial charge in [-0.2, -0.15) is 0 Å². The van der Waals surface area contributed by atoms with Crippen LogP contribution in [0.1, 0.15) is 115 Å². The summed E-state index contributed by atoms with van der Waals surface area (Å²) >= 11 is 0. The molecular formula is C31H44K2N2O6S2. The molecule has 8 nitrogen and oxygen atoms in total. The van der Waals surface area contributed by atoms with Gasteiger partial charge in [0.25, 0.3) is 0 Å². The third kappa shape index (κ3) is 14.8. The Labute approximate surface area is 343 Å². The van der Waals surface area contributed by atoms with Gasteiger partial charge < -0.3 is 13.7 Å². The molecule has 0 aliphatic heterocycles. The molecule has 3 aromatic rings. The Morgan fingerprint density at radius 3 is 1.60 bits per heavy atom. The minimum Gasteiger partial charge on any atom is -0.744 e. The fourth-order valence-corrected chi connectivity index (χ4v) is 6.44. The molecule has 0 saturated heterocycles. The number of imidazole rings is 1. The number of para-hydroxylation sites is 1. The van der Waals surface area contributed by atoms with Crippen LogP contribution in [-0.2, 0) is 33.2 Å². The van der Waals surface area contributed by atoms with Gasteiger partial charge in [0.05, 0.1) is 15.3 Å². The smallest absolute Gasteiger partial charge is 0.744 e. The fourth-order valence-electron chi connectivity index (χ4n) is 5.34. The quantitative estimate of drug-likeness (QED) is 0.0998. The van der Waals surface area contributed by atoms with Gasteiger partial charge in [-0.1, -0.05) is 115 Å². The number of unbranched alkanes of at least 4 members (excludes halogenated alkanes) is 14. The molecule has 0 N–H and O–H groups in total. The predicted octanol–water partition coefficient (Wildman–Crippen LogP) is 1.31. The Morgan fingerprint density at radius 1 is 0.651 bits per heavy atom. The molecule has 0 atom stereocenters. The maximum atomic E-state index is 11.9. The van der Waals surface area contributed by atoms with Crippen LogP contribution in [-0.4, -0.2) is 35.5 Å². The summed E-state index contributed by atoms with van der Waals surface area (Å²) in [5, 5.41) is 0. The van der Waals surface area contributed by atoms with E-state index in [-0.39, 0.29) is 118 Å². The molecule has 228 valence electrons. The number of nitrogens with zero attached hydrogens (tertiary/aromatic N) is 2. The van der Waals surface area contributed by atoms with E-state index in [2.05, 4.69) is 11.9 Å². The van der Waals surface area contributed by atoms with E-state index in [0.717, 1.165) is 24.8 Å². The van der Waals surface area contributed by atoms with Crippen molar-refractivity contribution in [1.29, 1.82) is 0 Å². The van der Waals surface area contributed by atoms with Crippen LogP contribution < -0.4 is 103 Å². The zero-order chi connectivity index (χ0) is 29.7. The van der Waals surface area contributed by atoms with Crippen molar-refractivity contribution < 1.29 is 129 Å². The van der Waals surface area contributed by atoms with Crippen molar-refractivity contribution >= 4 is 31.3 Å². The van der Waals surface area contributed by atoms with E-state index in [1.807, 2.05) is 4.57 Å². The molecule has 0 aliphatic rings. The molecule has 0 unspecified atom stereocenters. The molecule has 12 heteroatoms. The van der Waals surface area contributed by atoms with Gasteiger partial charge in [-0.3, -0.25) is 0 Å². The monoisotopic (exact) mass is 682 g/mol. The van der Waals surface area contributed by atoms with E-state index < -0.39 is 20.2 Å². The molecule has 0 fully saturated rings. The first-order valence-corrected chi connectivity index (χ1v) is 17.9. The molecule has 0 radical (unpaired) electrons. The van der Waals surface area contributed by atoms with E-state index in [4.69, 9.17) is 0 Å². The van der Waals surface area contributed by atoms with Crippen molar-refractivity contribution in [3.63, 3.8) is 0 Å². The molecule has 1 heterocycles. The van der Waals surface area contributed by atoms with Crippen molar-refractivity contribution in [2.24, 2.45) is 0 Å². The maximum absolute atomic E-state index is 11.9. The normalized spacial score (nSPS) is 11.8. The van der Waals surface area contributed by atoms with Crippen molar-refractivity contribution in [3.8, 4) is 0 Å². The predicted molar refractivity (Wildman–Crippen MR) is 160 cm³/mol. The molecule has 1 aromatic heterocycles. The van der Waals surface area contributed by atoms with E-state index >= 15 is 0 Å². The zero-order valence-electron chi connectivity index (χ0n) is 26.2. The summed E-state index contributed by atoms with van der Waals surface area (Å²) in [5.74, 6) is 0.673. The number of rotatable bonds is 20. The van der Waals surface area contributed by atoms with Gasteiger partial charge in [-0.25, -0.2) is 21.8 Å². The van der Waals surface area contributed by atoms with Crippen LogP contribution in [0, 0.1) is 0 Å². The van der Waals surface area contributed by atoms with Gasteiger partial charge in [0.15, 0.2) is 0 Å². The molecule has 0 spiro atoms. The number of hydrogen-bond acceptors (Lipinski definition) is 7. The second-order valence-electron chi connectivity index (χ2n) is 11.0. The summed E-state index contributed by atoms with van der Waals surface area (Å²) in [4.78, 5) is 3.91. The SMILES string of the molecule is CCCCCCCCCCCCCCCCCc1nc2c(S(=O)(=O)[O-])cccc2n1Cc1ccc(S(=O)(=O)[O-])cc1.[K+].[K+]. The first-order chi connectivity index (χ1) is 19.6. The summed E-state index contributed by atoms with van der Waals surface area (Å²) in [6.45, 7) is 2.55. The van der Waals surface area contributed by atoms with Gasteiger partial charge >= 0.3 is 103 Å². The van der Waals surface area contributed by atoms with Crippen molar-refractivity contribution in [2.45, 2.75) is 126 Å². The Balaban J connectivity index is 0.00000462. The average molecular weight is 683 g/mol. The average Bonchev–Trinajstić information content (AvgIpc) is 3.27. The number of hydrogen-bond donors (Lipinski definition) is 0. The van der Waals surface area contributed by atoms with Gasteiger partial charge in [0.2, 0.25) is 0 Å². The summed E-state index contributed by atoms with van der Waals surface area (Å²) < 4.78 is 71.3. The second-order valence-corrected chi connectivity index (χ2v) is 13.7. The topological polar surface area (TPSA) is 132 Å². The van der Waals surface area contributed by atoms with Crippen LogP contribution in [0.25, 0.3) is 11.0 Å². The third-order valence-electron chi connectivity index (χ3n) is 7.65. The van der Waals surface area contributed by atoms with Gasteiger partial charge in [-0.15, -0.1) is 0 Å². The molecule has 3 rings (SSSR count). The summed E-state index contributed by atoms with van der Waals surface area (Å²) in [6.07, 6.45) is 19.5. The minimum absolute atomic E-state index is 0. The van der Waals surface area contributed by atoms with Crippen LogP contribution in [0.2, 0.25) is 0 Å². The van der Waals surface area contributed by atoms with Gasteiger partial charge in [-0.05, 0) is 36.2 Å².